The summed E-state index contributed by atoms with van der Waals surface area (Å²) in [5, 5.41) is 0. The Morgan fingerprint density at radius 1 is 1.11 bits per heavy atom. The quantitative estimate of drug-likeness (QED) is 0.810. The monoisotopic (exact) mass is 394 g/mol. The van der Waals surface area contributed by atoms with Crippen LogP contribution in [0.4, 0.5) is 5.69 Å². The molecule has 1 N–H and O–H groups in total. The second-order valence-corrected chi connectivity index (χ2v) is 9.23. The van der Waals surface area contributed by atoms with Crippen LogP contribution in [-0.4, -0.2) is 76.5 Å². The lowest BCUT2D eigenvalue weighted by atomic mass is 10.0. The highest BCUT2D eigenvalue weighted by atomic mass is 32.2. The molecule has 0 aliphatic carbocycles. The van der Waals surface area contributed by atoms with E-state index in [4.69, 9.17) is 0 Å². The van der Waals surface area contributed by atoms with Crippen LogP contribution in [-0.2, 0) is 14.8 Å². The average molecular weight is 395 g/mol. The summed E-state index contributed by atoms with van der Waals surface area (Å²) in [6.07, 6.45) is 3.40. The maximum atomic E-state index is 12.6. The number of para-hydroxylation sites is 1. The normalized spacial score (nSPS) is 22.1. The minimum absolute atomic E-state index is 0.216. The lowest BCUT2D eigenvalue weighted by molar-refractivity contribution is -0.135. The van der Waals surface area contributed by atoms with Gasteiger partial charge >= 0.3 is 0 Å². The molecule has 2 heterocycles. The summed E-state index contributed by atoms with van der Waals surface area (Å²) >= 11 is 0. The molecule has 2 fully saturated rings. The molecule has 2 aliphatic rings. The number of carbonyl (C=O) groups excluding carboxylic acids is 1. The van der Waals surface area contributed by atoms with Crippen molar-refractivity contribution in [1.82, 2.24) is 14.5 Å². The Kier molecular flexibility index (Phi) is 6.39. The van der Waals surface area contributed by atoms with Crippen LogP contribution in [0.15, 0.2) is 29.2 Å². The predicted molar refractivity (Wildman–Crippen MR) is 106 cm³/mol. The molecule has 0 radical (unpaired) electrons. The van der Waals surface area contributed by atoms with Crippen LogP contribution >= 0.6 is 0 Å². The van der Waals surface area contributed by atoms with Gasteiger partial charge in [-0.05, 0) is 45.4 Å². The smallest absolute Gasteiger partial charge is 0.242 e. The highest BCUT2D eigenvalue weighted by molar-refractivity contribution is 7.89. The molecule has 7 nitrogen and oxygen atoms in total. The molecule has 2 aliphatic heterocycles. The highest BCUT2D eigenvalue weighted by Crippen LogP contribution is 2.26. The van der Waals surface area contributed by atoms with Crippen molar-refractivity contribution in [2.75, 3.05) is 51.2 Å². The van der Waals surface area contributed by atoms with Crippen LogP contribution < -0.4 is 9.62 Å². The number of anilines is 1. The molecular weight excluding hydrogens is 364 g/mol. The molecule has 150 valence electrons. The van der Waals surface area contributed by atoms with Crippen molar-refractivity contribution in [2.24, 2.45) is 0 Å². The van der Waals surface area contributed by atoms with E-state index in [1.54, 1.807) is 12.1 Å². The molecule has 1 amide bonds. The van der Waals surface area contributed by atoms with Crippen molar-refractivity contribution in [3.05, 3.63) is 24.3 Å². The van der Waals surface area contributed by atoms with Crippen LogP contribution in [0.2, 0.25) is 0 Å². The predicted octanol–water partition coefficient (Wildman–Crippen LogP) is 1.12. The van der Waals surface area contributed by atoms with Crippen molar-refractivity contribution < 1.29 is 13.2 Å². The van der Waals surface area contributed by atoms with E-state index >= 15 is 0 Å². The third-order valence-corrected chi connectivity index (χ3v) is 7.08. The maximum absolute atomic E-state index is 12.6. The Balaban J connectivity index is 1.61. The van der Waals surface area contributed by atoms with Crippen LogP contribution in [0.1, 0.15) is 26.2 Å². The number of rotatable bonds is 5. The fourth-order valence-corrected chi connectivity index (χ4v) is 4.90. The van der Waals surface area contributed by atoms with Gasteiger partial charge in [-0.15, -0.1) is 0 Å². The van der Waals surface area contributed by atoms with Crippen LogP contribution in [0.5, 0.6) is 0 Å². The largest absolute Gasteiger partial charge is 0.368 e. The number of piperidine rings is 1. The van der Waals surface area contributed by atoms with E-state index in [0.717, 1.165) is 38.2 Å². The first-order valence-electron chi connectivity index (χ1n) is 9.71. The molecule has 1 aromatic rings. The Hall–Kier alpha value is -1.64. The summed E-state index contributed by atoms with van der Waals surface area (Å²) in [6, 6.07) is 7.42. The van der Waals surface area contributed by atoms with Gasteiger partial charge in [0.25, 0.3) is 0 Å². The molecule has 27 heavy (non-hydrogen) atoms. The van der Waals surface area contributed by atoms with Crippen LogP contribution in [0.25, 0.3) is 0 Å². The number of amides is 1. The number of sulfonamides is 1. The fourth-order valence-electron chi connectivity index (χ4n) is 3.95. The molecule has 8 heteroatoms. The summed E-state index contributed by atoms with van der Waals surface area (Å²) in [4.78, 5) is 19.2. The van der Waals surface area contributed by atoms with Gasteiger partial charge in [0.05, 0.1) is 12.2 Å². The standard InChI is InChI=1S/C19H30N4O3S/c1-16-7-5-6-10-23(16)19(24)15-21-11-13-22(14-12-21)17-8-3-4-9-18(17)27(25,26)20-2/h3-4,8-9,16,20H,5-7,10-15H2,1-2H3. The summed E-state index contributed by atoms with van der Waals surface area (Å²) in [5.74, 6) is 0.216. The second-order valence-electron chi connectivity index (χ2n) is 7.37. The molecule has 0 aromatic heterocycles. The summed E-state index contributed by atoms with van der Waals surface area (Å²) < 4.78 is 27.0. The Morgan fingerprint density at radius 3 is 2.48 bits per heavy atom. The first-order chi connectivity index (χ1) is 12.9. The number of nitrogens with one attached hydrogen (secondary N) is 1. The minimum Gasteiger partial charge on any atom is -0.368 e. The van der Waals surface area contributed by atoms with E-state index in [1.807, 2.05) is 17.0 Å². The SMILES string of the molecule is CNS(=O)(=O)c1ccccc1N1CCN(CC(=O)N2CCCCC2C)CC1. The van der Waals surface area contributed by atoms with Crippen molar-refractivity contribution in [3.8, 4) is 0 Å². The first-order valence-corrected chi connectivity index (χ1v) is 11.2. The third kappa shape index (κ3) is 4.62. The lowest BCUT2D eigenvalue weighted by Gasteiger charge is -2.39. The number of carbonyl (C=O) groups is 1. The van der Waals surface area contributed by atoms with Gasteiger partial charge in [0.2, 0.25) is 15.9 Å². The topological polar surface area (TPSA) is 73.0 Å². The number of likely N-dealkylation sites (tertiary alicyclic amines) is 1. The Labute approximate surface area is 162 Å². The molecule has 0 bridgehead atoms. The zero-order valence-corrected chi connectivity index (χ0v) is 17.0. The molecule has 3 rings (SSSR count). The summed E-state index contributed by atoms with van der Waals surface area (Å²) in [6.45, 7) is 6.37. The number of benzene rings is 1. The summed E-state index contributed by atoms with van der Waals surface area (Å²) in [5.41, 5.74) is 0.725. The fraction of sp³-hybridized carbons (Fsp3) is 0.632. The van der Waals surface area contributed by atoms with E-state index in [9.17, 15) is 13.2 Å². The molecule has 0 saturated carbocycles. The Bertz CT molecular complexity index is 760. The zero-order chi connectivity index (χ0) is 19.4. The van der Waals surface area contributed by atoms with E-state index < -0.39 is 10.0 Å². The zero-order valence-electron chi connectivity index (χ0n) is 16.2. The van der Waals surface area contributed by atoms with Crippen molar-refractivity contribution in [3.63, 3.8) is 0 Å². The van der Waals surface area contributed by atoms with Gasteiger partial charge in [0, 0.05) is 38.8 Å². The van der Waals surface area contributed by atoms with Gasteiger partial charge in [-0.25, -0.2) is 13.1 Å². The molecular formula is C19H30N4O3S. The van der Waals surface area contributed by atoms with Crippen molar-refractivity contribution in [2.45, 2.75) is 37.1 Å². The van der Waals surface area contributed by atoms with E-state index in [1.165, 1.54) is 13.5 Å². The average Bonchev–Trinajstić information content (AvgIpc) is 2.69. The maximum Gasteiger partial charge on any atom is 0.242 e. The first kappa shape index (κ1) is 20.1. The number of nitrogens with zero attached hydrogens (tertiary/aromatic N) is 3. The van der Waals surface area contributed by atoms with Crippen molar-refractivity contribution in [1.29, 1.82) is 0 Å². The van der Waals surface area contributed by atoms with Gasteiger partial charge in [0.15, 0.2) is 0 Å². The summed E-state index contributed by atoms with van der Waals surface area (Å²) in [7, 11) is -2.07. The molecule has 1 atom stereocenters. The molecule has 1 aromatic carbocycles. The van der Waals surface area contributed by atoms with Gasteiger partial charge < -0.3 is 9.80 Å². The molecule has 0 spiro atoms. The van der Waals surface area contributed by atoms with Crippen LogP contribution in [0, 0.1) is 0 Å². The second kappa shape index (κ2) is 8.58. The number of hydrogen-bond donors (Lipinski definition) is 1. The van der Waals surface area contributed by atoms with E-state index in [-0.39, 0.29) is 5.91 Å². The van der Waals surface area contributed by atoms with E-state index in [2.05, 4.69) is 21.4 Å². The number of piperazine rings is 1. The minimum atomic E-state index is -3.50. The Morgan fingerprint density at radius 2 is 1.81 bits per heavy atom. The van der Waals surface area contributed by atoms with Gasteiger partial charge in [0.1, 0.15) is 4.90 Å². The highest BCUT2D eigenvalue weighted by Gasteiger charge is 2.27. The van der Waals surface area contributed by atoms with Gasteiger partial charge in [-0.1, -0.05) is 12.1 Å². The molecule has 1 unspecified atom stereocenters. The van der Waals surface area contributed by atoms with Gasteiger partial charge in [-0.2, -0.15) is 0 Å². The van der Waals surface area contributed by atoms with Crippen molar-refractivity contribution >= 4 is 21.6 Å². The third-order valence-electron chi connectivity index (χ3n) is 5.62. The van der Waals surface area contributed by atoms with E-state index in [0.29, 0.717) is 30.6 Å². The number of hydrogen-bond acceptors (Lipinski definition) is 5. The lowest BCUT2D eigenvalue weighted by Crippen LogP contribution is -2.52. The van der Waals surface area contributed by atoms with Gasteiger partial charge in [-0.3, -0.25) is 9.69 Å². The molecule has 2 saturated heterocycles. The van der Waals surface area contributed by atoms with Crippen LogP contribution in [0.3, 0.4) is 0 Å².